The summed E-state index contributed by atoms with van der Waals surface area (Å²) in [5.74, 6) is -0.00451. The summed E-state index contributed by atoms with van der Waals surface area (Å²) >= 11 is 0. The molecule has 0 radical (unpaired) electrons. The molecule has 1 saturated heterocycles. The Labute approximate surface area is 124 Å². The highest BCUT2D eigenvalue weighted by molar-refractivity contribution is 5.87. The van der Waals surface area contributed by atoms with Crippen LogP contribution in [0.25, 0.3) is 10.8 Å². The number of hydrogen-bond donors (Lipinski definition) is 2. The highest BCUT2D eigenvalue weighted by atomic mass is 16.5. The van der Waals surface area contributed by atoms with Gasteiger partial charge in [0.1, 0.15) is 6.04 Å². The predicted molar refractivity (Wildman–Crippen MR) is 83.1 cm³/mol. The van der Waals surface area contributed by atoms with Crippen molar-refractivity contribution in [1.29, 1.82) is 0 Å². The number of fused-ring (bicyclic) bond motifs is 1. The van der Waals surface area contributed by atoms with Crippen molar-refractivity contribution in [2.45, 2.75) is 19.0 Å². The molecular weight excluding hydrogens is 264 g/mol. The van der Waals surface area contributed by atoms with Crippen LogP contribution in [0.2, 0.25) is 0 Å². The van der Waals surface area contributed by atoms with Gasteiger partial charge in [-0.1, -0.05) is 42.5 Å². The van der Waals surface area contributed by atoms with Gasteiger partial charge < -0.3 is 15.4 Å². The Bertz CT molecular complexity index is 630. The predicted octanol–water partition coefficient (Wildman–Crippen LogP) is 2.01. The third-order valence-electron chi connectivity index (χ3n) is 3.89. The highest BCUT2D eigenvalue weighted by Gasteiger charge is 2.23. The number of carbonyl (C=O) groups is 1. The molecule has 4 nitrogen and oxygen atoms in total. The van der Waals surface area contributed by atoms with Crippen molar-refractivity contribution in [3.8, 4) is 0 Å². The lowest BCUT2D eigenvalue weighted by Crippen LogP contribution is -2.51. The molecule has 2 unspecified atom stereocenters. The average Bonchev–Trinajstić information content (AvgIpc) is 2.55. The molecule has 21 heavy (non-hydrogen) atoms. The van der Waals surface area contributed by atoms with Gasteiger partial charge in [0.05, 0.1) is 19.3 Å². The third kappa shape index (κ3) is 3.06. The lowest BCUT2D eigenvalue weighted by Gasteiger charge is -2.25. The molecule has 2 aromatic rings. The Balaban J connectivity index is 1.77. The van der Waals surface area contributed by atoms with Crippen LogP contribution in [0.3, 0.4) is 0 Å². The van der Waals surface area contributed by atoms with Crippen molar-refractivity contribution in [1.82, 2.24) is 10.6 Å². The Morgan fingerprint density at radius 1 is 1.29 bits per heavy atom. The van der Waals surface area contributed by atoms with Crippen LogP contribution in [-0.2, 0) is 9.53 Å². The Morgan fingerprint density at radius 2 is 2.10 bits per heavy atom. The van der Waals surface area contributed by atoms with Gasteiger partial charge in [0.2, 0.25) is 5.91 Å². The van der Waals surface area contributed by atoms with Gasteiger partial charge in [0.25, 0.3) is 0 Å². The summed E-state index contributed by atoms with van der Waals surface area (Å²) in [5.41, 5.74) is 1.14. The van der Waals surface area contributed by atoms with Crippen LogP contribution in [0, 0.1) is 0 Å². The van der Waals surface area contributed by atoms with E-state index in [1.54, 1.807) is 0 Å². The summed E-state index contributed by atoms with van der Waals surface area (Å²) in [5, 5.41) is 8.62. The molecule has 3 rings (SSSR count). The number of ether oxygens (including phenoxy) is 1. The summed E-state index contributed by atoms with van der Waals surface area (Å²) < 4.78 is 5.34. The lowest BCUT2D eigenvalue weighted by atomic mass is 9.99. The smallest absolute Gasteiger partial charge is 0.240 e. The van der Waals surface area contributed by atoms with E-state index >= 15 is 0 Å². The molecule has 0 saturated carbocycles. The molecule has 1 aliphatic heterocycles. The number of morpholine rings is 1. The summed E-state index contributed by atoms with van der Waals surface area (Å²) in [6.45, 7) is 3.85. The van der Waals surface area contributed by atoms with Crippen molar-refractivity contribution in [3.05, 3.63) is 48.0 Å². The monoisotopic (exact) mass is 284 g/mol. The topological polar surface area (TPSA) is 50.4 Å². The first-order valence-electron chi connectivity index (χ1n) is 7.35. The van der Waals surface area contributed by atoms with E-state index in [0.717, 1.165) is 12.1 Å². The zero-order valence-electron chi connectivity index (χ0n) is 12.1. The van der Waals surface area contributed by atoms with Crippen LogP contribution in [-0.4, -0.2) is 31.7 Å². The van der Waals surface area contributed by atoms with Gasteiger partial charge in [-0.15, -0.1) is 0 Å². The van der Waals surface area contributed by atoms with Crippen molar-refractivity contribution in [2.75, 3.05) is 19.8 Å². The van der Waals surface area contributed by atoms with Gasteiger partial charge in [-0.3, -0.25) is 4.79 Å². The average molecular weight is 284 g/mol. The first-order valence-corrected chi connectivity index (χ1v) is 7.35. The van der Waals surface area contributed by atoms with Crippen LogP contribution in [0.5, 0.6) is 0 Å². The second kappa shape index (κ2) is 6.24. The molecule has 1 fully saturated rings. The first-order chi connectivity index (χ1) is 10.3. The second-order valence-corrected chi connectivity index (χ2v) is 5.38. The Morgan fingerprint density at radius 3 is 2.90 bits per heavy atom. The molecule has 0 bridgehead atoms. The van der Waals surface area contributed by atoms with Gasteiger partial charge in [0, 0.05) is 6.54 Å². The van der Waals surface area contributed by atoms with Crippen LogP contribution >= 0.6 is 0 Å². The molecule has 0 spiro atoms. The maximum absolute atomic E-state index is 12.3. The van der Waals surface area contributed by atoms with E-state index < -0.39 is 0 Å². The molecule has 2 atom stereocenters. The summed E-state index contributed by atoms with van der Waals surface area (Å²) in [7, 11) is 0. The van der Waals surface area contributed by atoms with E-state index in [-0.39, 0.29) is 18.0 Å². The van der Waals surface area contributed by atoms with Gasteiger partial charge in [-0.2, -0.15) is 0 Å². The summed E-state index contributed by atoms with van der Waals surface area (Å²) in [6.07, 6.45) is 0. The van der Waals surface area contributed by atoms with E-state index in [1.807, 2.05) is 25.1 Å². The quantitative estimate of drug-likeness (QED) is 0.906. The fraction of sp³-hybridized carbons (Fsp3) is 0.353. The van der Waals surface area contributed by atoms with E-state index in [0.29, 0.717) is 13.2 Å². The van der Waals surface area contributed by atoms with Crippen LogP contribution in [0.1, 0.15) is 18.5 Å². The molecule has 1 aliphatic rings. The number of rotatable bonds is 3. The van der Waals surface area contributed by atoms with Crippen molar-refractivity contribution < 1.29 is 9.53 Å². The molecule has 1 heterocycles. The Hall–Kier alpha value is -1.91. The van der Waals surface area contributed by atoms with Crippen molar-refractivity contribution >= 4 is 16.7 Å². The maximum atomic E-state index is 12.3. The second-order valence-electron chi connectivity index (χ2n) is 5.38. The lowest BCUT2D eigenvalue weighted by molar-refractivity contribution is -0.126. The largest absolute Gasteiger partial charge is 0.378 e. The zero-order chi connectivity index (χ0) is 14.7. The third-order valence-corrected chi connectivity index (χ3v) is 3.89. The van der Waals surface area contributed by atoms with Gasteiger partial charge in [-0.05, 0) is 23.3 Å². The summed E-state index contributed by atoms with van der Waals surface area (Å²) in [6, 6.07) is 14.1. The summed E-state index contributed by atoms with van der Waals surface area (Å²) in [4.78, 5) is 12.3. The molecule has 2 aromatic carbocycles. The van der Waals surface area contributed by atoms with Crippen LogP contribution in [0.4, 0.5) is 0 Å². The standard InChI is InChI=1S/C17H20N2O2/c1-12(19-17(20)16-11-21-10-9-18-16)14-8-4-6-13-5-2-3-7-15(13)14/h2-8,12,16,18H,9-11H2,1H3,(H,19,20). The molecule has 0 aliphatic carbocycles. The Kier molecular flexibility index (Phi) is 4.18. The van der Waals surface area contributed by atoms with Gasteiger partial charge in [-0.25, -0.2) is 0 Å². The van der Waals surface area contributed by atoms with Crippen molar-refractivity contribution in [2.24, 2.45) is 0 Å². The number of amides is 1. The minimum absolute atomic E-state index is 0.00451. The molecule has 2 N–H and O–H groups in total. The maximum Gasteiger partial charge on any atom is 0.240 e. The molecular formula is C17H20N2O2. The zero-order valence-corrected chi connectivity index (χ0v) is 12.1. The van der Waals surface area contributed by atoms with E-state index in [1.165, 1.54) is 10.8 Å². The molecule has 0 aromatic heterocycles. The SMILES string of the molecule is CC(NC(=O)C1COCCN1)c1cccc2ccccc12. The minimum atomic E-state index is -0.254. The first kappa shape index (κ1) is 14.0. The molecule has 4 heteroatoms. The number of benzene rings is 2. The fourth-order valence-electron chi connectivity index (χ4n) is 2.75. The highest BCUT2D eigenvalue weighted by Crippen LogP contribution is 2.24. The van der Waals surface area contributed by atoms with E-state index in [9.17, 15) is 4.79 Å². The number of nitrogens with one attached hydrogen (secondary N) is 2. The minimum Gasteiger partial charge on any atom is -0.378 e. The molecule has 110 valence electrons. The fourth-order valence-corrected chi connectivity index (χ4v) is 2.75. The van der Waals surface area contributed by atoms with Crippen LogP contribution in [0.15, 0.2) is 42.5 Å². The number of carbonyl (C=O) groups excluding carboxylic acids is 1. The number of hydrogen-bond acceptors (Lipinski definition) is 3. The van der Waals surface area contributed by atoms with E-state index in [2.05, 4.69) is 34.9 Å². The van der Waals surface area contributed by atoms with Crippen LogP contribution < -0.4 is 10.6 Å². The van der Waals surface area contributed by atoms with Crippen molar-refractivity contribution in [3.63, 3.8) is 0 Å². The van der Waals surface area contributed by atoms with E-state index in [4.69, 9.17) is 4.74 Å². The normalized spacial score (nSPS) is 20.1. The van der Waals surface area contributed by atoms with Gasteiger partial charge >= 0.3 is 0 Å². The van der Waals surface area contributed by atoms with Gasteiger partial charge in [0.15, 0.2) is 0 Å². The molecule has 1 amide bonds.